The first-order chi connectivity index (χ1) is 12.6. The average molecular weight is 378 g/mol. The summed E-state index contributed by atoms with van der Waals surface area (Å²) in [6, 6.07) is 1.61. The van der Waals surface area contributed by atoms with Crippen molar-refractivity contribution in [1.82, 2.24) is 15.5 Å². The zero-order chi connectivity index (χ0) is 18.1. The van der Waals surface area contributed by atoms with Gasteiger partial charge < -0.3 is 20.3 Å². The number of nitrogens with one attached hydrogen (secondary N) is 2. The van der Waals surface area contributed by atoms with Gasteiger partial charge in [0.25, 0.3) is 5.91 Å². The molecule has 2 saturated heterocycles. The molecule has 0 radical (unpaired) electrons. The number of amides is 2. The molecule has 1 aromatic heterocycles. The molecule has 1 spiro atoms. The van der Waals surface area contributed by atoms with Crippen LogP contribution in [-0.2, 0) is 21.6 Å². The Morgan fingerprint density at radius 2 is 2.27 bits per heavy atom. The number of rotatable bonds is 3. The van der Waals surface area contributed by atoms with Crippen molar-refractivity contribution in [1.29, 1.82) is 0 Å². The van der Waals surface area contributed by atoms with Crippen molar-refractivity contribution in [2.24, 2.45) is 0 Å². The van der Waals surface area contributed by atoms with Crippen molar-refractivity contribution in [3.63, 3.8) is 0 Å². The van der Waals surface area contributed by atoms with E-state index in [-0.39, 0.29) is 17.4 Å². The van der Waals surface area contributed by atoms with Crippen LogP contribution in [-0.4, -0.2) is 55.5 Å². The summed E-state index contributed by atoms with van der Waals surface area (Å²) in [6.07, 6.45) is 4.45. The Labute approximate surface area is 158 Å². The Hall–Kier alpha value is -1.44. The zero-order valence-corrected chi connectivity index (χ0v) is 16.1. The fraction of sp³-hybridized carbons (Fsp3) is 0.684. The minimum Gasteiger partial charge on any atom is -0.369 e. The van der Waals surface area contributed by atoms with Gasteiger partial charge in [0.1, 0.15) is 11.6 Å². The van der Waals surface area contributed by atoms with Gasteiger partial charge in [0.15, 0.2) is 0 Å². The number of carbonyl (C=O) groups excluding carboxylic acids is 2. The van der Waals surface area contributed by atoms with Crippen LogP contribution in [0.2, 0.25) is 0 Å². The maximum Gasteiger partial charge on any atom is 0.262 e. The predicted octanol–water partition coefficient (Wildman–Crippen LogP) is 1.64. The van der Waals surface area contributed by atoms with Gasteiger partial charge in [-0.3, -0.25) is 9.59 Å². The van der Waals surface area contributed by atoms with Crippen molar-refractivity contribution in [2.45, 2.75) is 50.7 Å². The lowest BCUT2D eigenvalue weighted by molar-refractivity contribution is -0.124. The molecule has 0 saturated carbocycles. The maximum absolute atomic E-state index is 12.7. The molecule has 7 heteroatoms. The minimum absolute atomic E-state index is 0.0716. The van der Waals surface area contributed by atoms with Crippen molar-refractivity contribution >= 4 is 23.2 Å². The van der Waals surface area contributed by atoms with E-state index in [1.165, 1.54) is 10.4 Å². The highest BCUT2D eigenvalue weighted by atomic mass is 32.1. The highest BCUT2D eigenvalue weighted by molar-refractivity contribution is 7.14. The lowest BCUT2D eigenvalue weighted by Crippen LogP contribution is -2.50. The number of nitrogens with zero attached hydrogens (tertiary/aromatic N) is 1. The third-order valence-corrected chi connectivity index (χ3v) is 7.26. The van der Waals surface area contributed by atoms with E-state index in [1.54, 1.807) is 11.3 Å². The summed E-state index contributed by atoms with van der Waals surface area (Å²) in [5.41, 5.74) is 1.04. The third-order valence-electron chi connectivity index (χ3n) is 5.90. The number of likely N-dealkylation sites (tertiary alicyclic amines) is 1. The van der Waals surface area contributed by atoms with Crippen LogP contribution in [0.4, 0.5) is 0 Å². The molecule has 142 valence electrons. The van der Waals surface area contributed by atoms with Crippen LogP contribution >= 0.6 is 11.3 Å². The quantitative estimate of drug-likeness (QED) is 0.840. The van der Waals surface area contributed by atoms with Gasteiger partial charge in [-0.2, -0.15) is 0 Å². The molecule has 2 fully saturated rings. The minimum atomic E-state index is -0.409. The van der Waals surface area contributed by atoms with Crippen molar-refractivity contribution in [2.75, 3.05) is 32.8 Å². The molecule has 1 aromatic rings. The number of hydrogen-bond donors (Lipinski definition) is 2. The molecule has 6 nitrogen and oxygen atoms in total. The van der Waals surface area contributed by atoms with E-state index in [9.17, 15) is 9.59 Å². The lowest BCUT2D eigenvalue weighted by Gasteiger charge is -2.43. The monoisotopic (exact) mass is 377 g/mol. The Morgan fingerprint density at radius 3 is 3.00 bits per heavy atom. The molecule has 1 unspecified atom stereocenters. The first-order valence-corrected chi connectivity index (χ1v) is 10.5. The summed E-state index contributed by atoms with van der Waals surface area (Å²) in [7, 11) is 0. The van der Waals surface area contributed by atoms with Gasteiger partial charge in [-0.15, -0.1) is 11.3 Å². The van der Waals surface area contributed by atoms with Crippen molar-refractivity contribution < 1.29 is 14.3 Å². The lowest BCUT2D eigenvalue weighted by atomic mass is 9.85. The highest BCUT2D eigenvalue weighted by Crippen LogP contribution is 2.45. The SMILES string of the molecule is CCN1CCC2(CC1)OCCc1cc(C(=O)NC3CCCNC3=O)sc12. The first-order valence-electron chi connectivity index (χ1n) is 9.69. The fourth-order valence-electron chi connectivity index (χ4n) is 4.27. The van der Waals surface area contributed by atoms with E-state index in [0.29, 0.717) is 17.8 Å². The van der Waals surface area contributed by atoms with Crippen LogP contribution in [0.3, 0.4) is 0 Å². The summed E-state index contributed by atoms with van der Waals surface area (Å²) >= 11 is 1.56. The standard InChI is InChI=1S/C19H27N3O3S/c1-2-22-9-6-19(7-10-22)16-13(5-11-25-19)12-15(26-16)18(24)21-14-4-3-8-20-17(14)23/h12,14H,2-11H2,1H3,(H,20,23)(H,21,24). The molecule has 0 aliphatic carbocycles. The van der Waals surface area contributed by atoms with Gasteiger partial charge in [-0.05, 0) is 50.3 Å². The fourth-order valence-corrected chi connectivity index (χ4v) is 5.59. The molecule has 3 aliphatic heterocycles. The molecule has 3 aliphatic rings. The summed E-state index contributed by atoms with van der Waals surface area (Å²) in [5, 5.41) is 5.73. The Bertz CT molecular complexity index is 694. The zero-order valence-electron chi connectivity index (χ0n) is 15.3. The molecule has 4 rings (SSSR count). The summed E-state index contributed by atoms with van der Waals surface area (Å²) in [4.78, 5) is 29.0. The maximum atomic E-state index is 12.7. The highest BCUT2D eigenvalue weighted by Gasteiger charge is 2.42. The normalized spacial score (nSPS) is 25.6. The number of carbonyl (C=O) groups is 2. The van der Waals surface area contributed by atoms with Crippen LogP contribution in [0.1, 0.15) is 52.7 Å². The predicted molar refractivity (Wildman–Crippen MR) is 100 cm³/mol. The third kappa shape index (κ3) is 3.28. The van der Waals surface area contributed by atoms with Gasteiger partial charge in [-0.25, -0.2) is 0 Å². The number of piperidine rings is 2. The molecule has 2 amide bonds. The second-order valence-corrected chi connectivity index (χ2v) is 8.50. The Kier molecular flexibility index (Phi) is 5.03. The van der Waals surface area contributed by atoms with Crippen molar-refractivity contribution in [3.05, 3.63) is 21.4 Å². The van der Waals surface area contributed by atoms with Gasteiger partial charge in [0.05, 0.1) is 11.5 Å². The second kappa shape index (κ2) is 7.29. The van der Waals surface area contributed by atoms with Crippen LogP contribution in [0.5, 0.6) is 0 Å². The van der Waals surface area contributed by atoms with E-state index >= 15 is 0 Å². The second-order valence-electron chi connectivity index (χ2n) is 7.45. The van der Waals surface area contributed by atoms with E-state index < -0.39 is 6.04 Å². The van der Waals surface area contributed by atoms with Gasteiger partial charge in [0, 0.05) is 24.5 Å². The number of fused-ring (bicyclic) bond motifs is 2. The van der Waals surface area contributed by atoms with Crippen LogP contribution < -0.4 is 10.6 Å². The molecule has 1 atom stereocenters. The van der Waals surface area contributed by atoms with E-state index in [1.807, 2.05) is 6.07 Å². The largest absolute Gasteiger partial charge is 0.369 e. The molecule has 26 heavy (non-hydrogen) atoms. The molecular weight excluding hydrogens is 350 g/mol. The first kappa shape index (κ1) is 17.9. The molecule has 0 aromatic carbocycles. The van der Waals surface area contributed by atoms with Gasteiger partial charge in [0.2, 0.25) is 5.91 Å². The number of hydrogen-bond acceptors (Lipinski definition) is 5. The van der Waals surface area contributed by atoms with Crippen LogP contribution in [0.25, 0.3) is 0 Å². The van der Waals surface area contributed by atoms with Crippen molar-refractivity contribution in [3.8, 4) is 0 Å². The number of ether oxygens (including phenoxy) is 1. The van der Waals surface area contributed by atoms with Gasteiger partial charge in [-0.1, -0.05) is 6.92 Å². The summed E-state index contributed by atoms with van der Waals surface area (Å²) < 4.78 is 6.27. The Balaban J connectivity index is 1.52. The number of thiophene rings is 1. The van der Waals surface area contributed by atoms with E-state index in [0.717, 1.165) is 51.9 Å². The smallest absolute Gasteiger partial charge is 0.262 e. The summed E-state index contributed by atoms with van der Waals surface area (Å²) in [5.74, 6) is -0.203. The Morgan fingerprint density at radius 1 is 1.46 bits per heavy atom. The van der Waals surface area contributed by atoms with Crippen LogP contribution in [0, 0.1) is 0 Å². The van der Waals surface area contributed by atoms with Crippen LogP contribution in [0.15, 0.2) is 6.07 Å². The van der Waals surface area contributed by atoms with E-state index in [2.05, 4.69) is 22.5 Å². The van der Waals surface area contributed by atoms with E-state index in [4.69, 9.17) is 4.74 Å². The van der Waals surface area contributed by atoms with Gasteiger partial charge >= 0.3 is 0 Å². The average Bonchev–Trinajstić information content (AvgIpc) is 3.11. The topological polar surface area (TPSA) is 70.7 Å². The summed E-state index contributed by atoms with van der Waals surface area (Å²) in [6.45, 7) is 6.77. The molecule has 2 N–H and O–H groups in total. The molecule has 4 heterocycles. The molecular formula is C19H27N3O3S. The molecule has 0 bridgehead atoms.